The smallest absolute Gasteiger partial charge is 0.310 e. The zero-order valence-corrected chi connectivity index (χ0v) is 17.3. The molecule has 1 aromatic rings. The van der Waals surface area contributed by atoms with Gasteiger partial charge in [-0.3, -0.25) is 14.5 Å². The number of hydrogen-bond acceptors (Lipinski definition) is 4. The van der Waals surface area contributed by atoms with Gasteiger partial charge in [0.2, 0.25) is 5.91 Å². The summed E-state index contributed by atoms with van der Waals surface area (Å²) in [6.07, 6.45) is 5.10. The fourth-order valence-corrected chi connectivity index (χ4v) is 4.54. The fourth-order valence-electron chi connectivity index (χ4n) is 4.54. The van der Waals surface area contributed by atoms with Crippen molar-refractivity contribution in [3.63, 3.8) is 0 Å². The predicted octanol–water partition coefficient (Wildman–Crippen LogP) is 3.13. The van der Waals surface area contributed by atoms with Crippen LogP contribution in [0.4, 0.5) is 0 Å². The zero-order chi connectivity index (χ0) is 19.9. The Morgan fingerprint density at radius 3 is 2.50 bits per heavy atom. The summed E-state index contributed by atoms with van der Waals surface area (Å²) in [6.45, 7) is 7.45. The van der Waals surface area contributed by atoms with E-state index in [0.29, 0.717) is 19.1 Å². The molecular weight excluding hydrogens is 352 g/mol. The van der Waals surface area contributed by atoms with Crippen molar-refractivity contribution >= 4 is 11.9 Å². The molecule has 2 unspecified atom stereocenters. The van der Waals surface area contributed by atoms with Crippen molar-refractivity contribution in [2.45, 2.75) is 52.0 Å². The molecule has 2 aliphatic heterocycles. The first kappa shape index (κ1) is 20.8. The van der Waals surface area contributed by atoms with Crippen molar-refractivity contribution in [2.75, 3.05) is 32.8 Å². The normalized spacial score (nSPS) is 22.6. The van der Waals surface area contributed by atoms with Gasteiger partial charge in [-0.15, -0.1) is 0 Å². The van der Waals surface area contributed by atoms with Gasteiger partial charge >= 0.3 is 5.97 Å². The molecule has 0 spiro atoms. The third-order valence-corrected chi connectivity index (χ3v) is 6.27. The summed E-state index contributed by atoms with van der Waals surface area (Å²) >= 11 is 0. The minimum absolute atomic E-state index is 0.112. The van der Waals surface area contributed by atoms with Gasteiger partial charge in [-0.2, -0.15) is 0 Å². The first-order valence-corrected chi connectivity index (χ1v) is 10.8. The number of likely N-dealkylation sites (tertiary alicyclic amines) is 2. The van der Waals surface area contributed by atoms with E-state index in [1.807, 2.05) is 18.7 Å². The van der Waals surface area contributed by atoms with Crippen LogP contribution in [0.3, 0.4) is 0 Å². The Morgan fingerprint density at radius 2 is 1.82 bits per heavy atom. The van der Waals surface area contributed by atoms with Gasteiger partial charge in [-0.05, 0) is 70.5 Å². The van der Waals surface area contributed by atoms with Gasteiger partial charge in [0.05, 0.1) is 18.6 Å². The van der Waals surface area contributed by atoms with Crippen LogP contribution in [0, 0.1) is 11.8 Å². The van der Waals surface area contributed by atoms with E-state index in [1.54, 1.807) is 0 Å². The van der Waals surface area contributed by atoms with E-state index in [4.69, 9.17) is 4.74 Å². The third kappa shape index (κ3) is 5.34. The van der Waals surface area contributed by atoms with Crippen LogP contribution in [0.15, 0.2) is 30.3 Å². The number of hydrogen-bond donors (Lipinski definition) is 0. The second kappa shape index (κ2) is 10.1. The lowest BCUT2D eigenvalue weighted by molar-refractivity contribution is -0.152. The van der Waals surface area contributed by atoms with Gasteiger partial charge in [-0.1, -0.05) is 30.3 Å². The molecule has 2 saturated heterocycles. The van der Waals surface area contributed by atoms with Gasteiger partial charge < -0.3 is 9.64 Å². The van der Waals surface area contributed by atoms with Crippen LogP contribution in [-0.2, 0) is 20.7 Å². The Labute approximate surface area is 169 Å². The first-order chi connectivity index (χ1) is 13.6. The van der Waals surface area contributed by atoms with Crippen LogP contribution in [0.1, 0.15) is 45.1 Å². The highest BCUT2D eigenvalue weighted by Crippen LogP contribution is 2.25. The summed E-state index contributed by atoms with van der Waals surface area (Å²) in [6, 6.07) is 10.6. The standard InChI is InChI=1S/C23H34N2O3/c1-3-28-23(27)21-10-7-13-25(17-21)22(26)18(2)24-14-11-20(12-15-24)16-19-8-5-4-6-9-19/h4-6,8-9,18,20-21H,3,7,10-17H2,1-2H3. The van der Waals surface area contributed by atoms with Gasteiger partial charge in [0.25, 0.3) is 0 Å². The molecule has 0 aliphatic carbocycles. The predicted molar refractivity (Wildman–Crippen MR) is 110 cm³/mol. The molecule has 5 nitrogen and oxygen atoms in total. The molecule has 154 valence electrons. The van der Waals surface area contributed by atoms with Crippen LogP contribution >= 0.6 is 0 Å². The summed E-state index contributed by atoms with van der Waals surface area (Å²) in [7, 11) is 0. The Bertz CT molecular complexity index is 641. The monoisotopic (exact) mass is 386 g/mol. The Hall–Kier alpha value is -1.88. The zero-order valence-electron chi connectivity index (χ0n) is 17.3. The Morgan fingerprint density at radius 1 is 1.11 bits per heavy atom. The first-order valence-electron chi connectivity index (χ1n) is 10.8. The average Bonchev–Trinajstić information content (AvgIpc) is 2.74. The molecule has 2 heterocycles. The lowest BCUT2D eigenvalue weighted by Gasteiger charge is -2.39. The molecule has 0 N–H and O–H groups in total. The maximum atomic E-state index is 13.0. The Balaban J connectivity index is 1.48. The highest BCUT2D eigenvalue weighted by Gasteiger charge is 2.34. The fraction of sp³-hybridized carbons (Fsp3) is 0.652. The highest BCUT2D eigenvalue weighted by molar-refractivity contribution is 5.82. The molecule has 5 heteroatoms. The molecule has 0 bridgehead atoms. The highest BCUT2D eigenvalue weighted by atomic mass is 16.5. The molecule has 0 aromatic heterocycles. The lowest BCUT2D eigenvalue weighted by Crippen LogP contribution is -2.52. The minimum atomic E-state index is -0.165. The molecule has 2 fully saturated rings. The van der Waals surface area contributed by atoms with Crippen LogP contribution < -0.4 is 0 Å². The van der Waals surface area contributed by atoms with Gasteiger partial charge in [-0.25, -0.2) is 0 Å². The van der Waals surface area contributed by atoms with Crippen molar-refractivity contribution in [1.29, 1.82) is 0 Å². The SMILES string of the molecule is CCOC(=O)C1CCCN(C(=O)C(C)N2CCC(Cc3ccccc3)CC2)C1. The number of piperidine rings is 2. The number of amides is 1. The lowest BCUT2D eigenvalue weighted by atomic mass is 9.89. The number of nitrogens with zero attached hydrogens (tertiary/aromatic N) is 2. The quantitative estimate of drug-likeness (QED) is 0.705. The largest absolute Gasteiger partial charge is 0.466 e. The summed E-state index contributed by atoms with van der Waals surface area (Å²) in [5, 5.41) is 0. The van der Waals surface area contributed by atoms with Crippen LogP contribution in [-0.4, -0.2) is 60.5 Å². The molecule has 0 radical (unpaired) electrons. The molecule has 28 heavy (non-hydrogen) atoms. The second-order valence-corrected chi connectivity index (χ2v) is 8.22. The molecule has 1 aromatic carbocycles. The van der Waals surface area contributed by atoms with Crippen LogP contribution in [0.2, 0.25) is 0 Å². The van der Waals surface area contributed by atoms with E-state index in [1.165, 1.54) is 5.56 Å². The summed E-state index contributed by atoms with van der Waals surface area (Å²) in [5.41, 5.74) is 1.41. The number of ether oxygens (including phenoxy) is 1. The summed E-state index contributed by atoms with van der Waals surface area (Å²) in [5.74, 6) is 0.537. The molecule has 0 saturated carbocycles. The molecule has 2 aliphatic rings. The topological polar surface area (TPSA) is 49.9 Å². The van der Waals surface area contributed by atoms with Crippen molar-refractivity contribution < 1.29 is 14.3 Å². The van der Waals surface area contributed by atoms with E-state index in [-0.39, 0.29) is 23.8 Å². The minimum Gasteiger partial charge on any atom is -0.466 e. The molecule has 2 atom stereocenters. The van der Waals surface area contributed by atoms with Crippen molar-refractivity contribution in [1.82, 2.24) is 9.80 Å². The van der Waals surface area contributed by atoms with E-state index < -0.39 is 0 Å². The second-order valence-electron chi connectivity index (χ2n) is 8.22. The van der Waals surface area contributed by atoms with Crippen molar-refractivity contribution in [3.05, 3.63) is 35.9 Å². The summed E-state index contributed by atoms with van der Waals surface area (Å²) in [4.78, 5) is 29.3. The average molecular weight is 387 g/mol. The number of rotatable bonds is 6. The van der Waals surface area contributed by atoms with Crippen LogP contribution in [0.25, 0.3) is 0 Å². The van der Waals surface area contributed by atoms with Crippen molar-refractivity contribution in [3.8, 4) is 0 Å². The number of carbonyl (C=O) groups is 2. The third-order valence-electron chi connectivity index (χ3n) is 6.27. The molecule has 3 rings (SSSR count). The van der Waals surface area contributed by atoms with E-state index in [0.717, 1.165) is 51.7 Å². The van der Waals surface area contributed by atoms with Gasteiger partial charge in [0.15, 0.2) is 0 Å². The van der Waals surface area contributed by atoms with E-state index in [9.17, 15) is 9.59 Å². The number of benzene rings is 1. The van der Waals surface area contributed by atoms with Crippen molar-refractivity contribution in [2.24, 2.45) is 11.8 Å². The number of esters is 1. The van der Waals surface area contributed by atoms with Gasteiger partial charge in [0.1, 0.15) is 0 Å². The number of carbonyl (C=O) groups excluding carboxylic acids is 2. The maximum Gasteiger partial charge on any atom is 0.310 e. The van der Waals surface area contributed by atoms with E-state index >= 15 is 0 Å². The van der Waals surface area contributed by atoms with E-state index in [2.05, 4.69) is 35.2 Å². The Kier molecular flexibility index (Phi) is 7.49. The molecular formula is C23H34N2O3. The van der Waals surface area contributed by atoms with Crippen LogP contribution in [0.5, 0.6) is 0 Å². The maximum absolute atomic E-state index is 13.0. The van der Waals surface area contributed by atoms with Gasteiger partial charge in [0, 0.05) is 13.1 Å². The molecule has 1 amide bonds. The summed E-state index contributed by atoms with van der Waals surface area (Å²) < 4.78 is 5.16.